The van der Waals surface area contributed by atoms with E-state index in [1.54, 1.807) is 36.7 Å². The maximum Gasteiger partial charge on any atom is 0.287 e. The van der Waals surface area contributed by atoms with Crippen molar-refractivity contribution >= 4 is 29.3 Å². The molecule has 2 aromatic carbocycles. The van der Waals surface area contributed by atoms with Gasteiger partial charge in [-0.1, -0.05) is 53.2 Å². The number of hydrogen-bond acceptors (Lipinski definition) is 4. The van der Waals surface area contributed by atoms with Crippen LogP contribution in [0, 0.1) is 6.92 Å². The lowest BCUT2D eigenvalue weighted by Crippen LogP contribution is -2.26. The first-order chi connectivity index (χ1) is 13.0. The second kappa shape index (κ2) is 8.88. The van der Waals surface area contributed by atoms with Gasteiger partial charge >= 0.3 is 0 Å². The summed E-state index contributed by atoms with van der Waals surface area (Å²) in [5.74, 6) is -0.0256. The van der Waals surface area contributed by atoms with Crippen LogP contribution in [0.3, 0.4) is 0 Å². The number of nitrogens with one attached hydrogen (secondary N) is 1. The molecule has 1 N–H and O–H groups in total. The van der Waals surface area contributed by atoms with Crippen LogP contribution in [0.1, 0.15) is 11.1 Å². The number of carbonyl (C=O) groups excluding carboxylic acids is 1. The number of aromatic nitrogens is 2. The Morgan fingerprint density at radius 3 is 2.56 bits per heavy atom. The average Bonchev–Trinajstić information content (AvgIpc) is 2.67. The van der Waals surface area contributed by atoms with Crippen LogP contribution in [0.25, 0.3) is 5.69 Å². The molecule has 0 saturated heterocycles. The highest BCUT2D eigenvalue weighted by atomic mass is 35.5. The van der Waals surface area contributed by atoms with E-state index in [0.29, 0.717) is 17.3 Å². The number of amides is 1. The first kappa shape index (κ1) is 19.2. The largest absolute Gasteiger partial charge is 0.351 e. The zero-order chi connectivity index (χ0) is 19.2. The molecule has 0 fully saturated rings. The maximum absolute atomic E-state index is 12.6. The van der Waals surface area contributed by atoms with Gasteiger partial charge in [-0.25, -0.2) is 4.98 Å². The van der Waals surface area contributed by atoms with Crippen LogP contribution >= 0.6 is 23.4 Å². The third kappa shape index (κ3) is 5.21. The molecule has 0 unspecified atom stereocenters. The Morgan fingerprint density at radius 1 is 1.15 bits per heavy atom. The van der Waals surface area contributed by atoms with Gasteiger partial charge in [0.15, 0.2) is 5.03 Å². The average molecular weight is 400 g/mol. The number of thioether (sulfide) groups is 1. The van der Waals surface area contributed by atoms with Crippen molar-refractivity contribution in [3.63, 3.8) is 0 Å². The maximum atomic E-state index is 12.6. The summed E-state index contributed by atoms with van der Waals surface area (Å²) < 4.78 is 1.48. The molecule has 0 aliphatic heterocycles. The molecule has 0 spiro atoms. The summed E-state index contributed by atoms with van der Waals surface area (Å²) in [7, 11) is 0. The van der Waals surface area contributed by atoms with Crippen LogP contribution in [0.5, 0.6) is 0 Å². The van der Waals surface area contributed by atoms with E-state index in [9.17, 15) is 9.59 Å². The quantitative estimate of drug-likeness (QED) is 0.643. The topological polar surface area (TPSA) is 64.0 Å². The smallest absolute Gasteiger partial charge is 0.287 e. The van der Waals surface area contributed by atoms with E-state index >= 15 is 0 Å². The Labute approximate surface area is 166 Å². The lowest BCUT2D eigenvalue weighted by molar-refractivity contribution is -0.118. The summed E-state index contributed by atoms with van der Waals surface area (Å²) >= 11 is 7.01. The molecule has 0 aliphatic carbocycles. The Hall–Kier alpha value is -2.57. The lowest BCUT2D eigenvalue weighted by atomic mass is 10.1. The molecule has 7 heteroatoms. The molecule has 138 valence electrons. The zero-order valence-corrected chi connectivity index (χ0v) is 16.3. The van der Waals surface area contributed by atoms with Gasteiger partial charge in [-0.2, -0.15) is 0 Å². The van der Waals surface area contributed by atoms with Crippen molar-refractivity contribution in [3.05, 3.63) is 87.4 Å². The van der Waals surface area contributed by atoms with Gasteiger partial charge in [-0.05, 0) is 36.8 Å². The fraction of sp³-hybridized carbons (Fsp3) is 0.150. The number of halogens is 1. The van der Waals surface area contributed by atoms with Crippen LogP contribution in [-0.2, 0) is 11.3 Å². The van der Waals surface area contributed by atoms with Crippen molar-refractivity contribution < 1.29 is 4.79 Å². The fourth-order valence-electron chi connectivity index (χ4n) is 2.39. The predicted octanol–water partition coefficient (Wildman–Crippen LogP) is 3.60. The van der Waals surface area contributed by atoms with Crippen LogP contribution in [0.2, 0.25) is 5.02 Å². The van der Waals surface area contributed by atoms with Gasteiger partial charge in [-0.3, -0.25) is 14.2 Å². The first-order valence-electron chi connectivity index (χ1n) is 8.31. The molecule has 0 bridgehead atoms. The van der Waals surface area contributed by atoms with Crippen molar-refractivity contribution in [2.45, 2.75) is 18.5 Å². The summed E-state index contributed by atoms with van der Waals surface area (Å²) in [5.41, 5.74) is 2.63. The Bertz CT molecular complexity index is 985. The summed E-state index contributed by atoms with van der Waals surface area (Å²) in [6.07, 6.45) is 3.13. The highest BCUT2D eigenvalue weighted by Crippen LogP contribution is 2.14. The van der Waals surface area contributed by atoms with Crippen molar-refractivity contribution in [1.29, 1.82) is 0 Å². The summed E-state index contributed by atoms with van der Waals surface area (Å²) in [6, 6.07) is 14.9. The third-order valence-corrected chi connectivity index (χ3v) is 5.08. The zero-order valence-electron chi connectivity index (χ0n) is 14.7. The van der Waals surface area contributed by atoms with Gasteiger partial charge in [0, 0.05) is 29.6 Å². The minimum absolute atomic E-state index is 0.124. The number of aryl methyl sites for hydroxylation is 1. The highest BCUT2D eigenvalue weighted by molar-refractivity contribution is 7.99. The number of benzene rings is 2. The number of carbonyl (C=O) groups is 1. The van der Waals surface area contributed by atoms with Crippen molar-refractivity contribution in [2.24, 2.45) is 0 Å². The van der Waals surface area contributed by atoms with Gasteiger partial charge in [0.25, 0.3) is 5.56 Å². The van der Waals surface area contributed by atoms with E-state index in [4.69, 9.17) is 11.6 Å². The minimum Gasteiger partial charge on any atom is -0.351 e. The van der Waals surface area contributed by atoms with E-state index in [1.165, 1.54) is 10.1 Å². The van der Waals surface area contributed by atoms with E-state index in [-0.39, 0.29) is 22.2 Å². The molecule has 0 saturated carbocycles. The van der Waals surface area contributed by atoms with E-state index in [0.717, 1.165) is 17.3 Å². The fourth-order valence-corrected chi connectivity index (χ4v) is 3.24. The van der Waals surface area contributed by atoms with Crippen LogP contribution in [0.15, 0.2) is 70.7 Å². The molecule has 5 nitrogen and oxygen atoms in total. The summed E-state index contributed by atoms with van der Waals surface area (Å²) in [4.78, 5) is 28.8. The summed E-state index contributed by atoms with van der Waals surface area (Å²) in [6.45, 7) is 2.47. The normalized spacial score (nSPS) is 10.6. The van der Waals surface area contributed by atoms with Crippen molar-refractivity contribution in [3.8, 4) is 5.69 Å². The van der Waals surface area contributed by atoms with Gasteiger partial charge in [0.05, 0.1) is 5.75 Å². The molecule has 3 aromatic rings. The molecular weight excluding hydrogens is 382 g/mol. The SMILES string of the molecule is Cc1ccc(CNC(=O)CSc2nccn(-c3ccc(Cl)cc3)c2=O)cc1. The second-order valence-electron chi connectivity index (χ2n) is 5.93. The van der Waals surface area contributed by atoms with Crippen LogP contribution in [0.4, 0.5) is 0 Å². The monoisotopic (exact) mass is 399 g/mol. The van der Waals surface area contributed by atoms with Gasteiger partial charge < -0.3 is 5.32 Å². The lowest BCUT2D eigenvalue weighted by Gasteiger charge is -2.08. The molecule has 1 aromatic heterocycles. The number of rotatable bonds is 6. The predicted molar refractivity (Wildman–Crippen MR) is 109 cm³/mol. The highest BCUT2D eigenvalue weighted by Gasteiger charge is 2.10. The van der Waals surface area contributed by atoms with Crippen LogP contribution in [-0.4, -0.2) is 21.2 Å². The van der Waals surface area contributed by atoms with Gasteiger partial charge in [-0.15, -0.1) is 0 Å². The van der Waals surface area contributed by atoms with Crippen molar-refractivity contribution in [1.82, 2.24) is 14.9 Å². The summed E-state index contributed by atoms with van der Waals surface area (Å²) in [5, 5.41) is 3.72. The Morgan fingerprint density at radius 2 is 1.85 bits per heavy atom. The van der Waals surface area contributed by atoms with Crippen molar-refractivity contribution in [2.75, 3.05) is 5.75 Å². The van der Waals surface area contributed by atoms with Gasteiger partial charge in [0.1, 0.15) is 0 Å². The van der Waals surface area contributed by atoms with E-state index in [1.807, 2.05) is 31.2 Å². The standard InChI is InChI=1S/C20H18ClN3O2S/c1-14-2-4-15(5-3-14)12-23-18(25)13-27-19-20(26)24(11-10-22-19)17-8-6-16(21)7-9-17/h2-11H,12-13H2,1H3,(H,23,25). The molecule has 1 heterocycles. The molecular formula is C20H18ClN3O2S. The minimum atomic E-state index is -0.267. The number of nitrogens with zero attached hydrogens (tertiary/aromatic N) is 2. The molecule has 0 radical (unpaired) electrons. The molecule has 3 rings (SSSR count). The Balaban J connectivity index is 1.61. The van der Waals surface area contributed by atoms with E-state index in [2.05, 4.69) is 10.3 Å². The molecule has 0 atom stereocenters. The Kier molecular flexibility index (Phi) is 6.32. The van der Waals surface area contributed by atoms with Gasteiger partial charge in [0.2, 0.25) is 5.91 Å². The molecule has 27 heavy (non-hydrogen) atoms. The van der Waals surface area contributed by atoms with E-state index < -0.39 is 0 Å². The molecule has 0 aliphatic rings. The third-order valence-electron chi connectivity index (χ3n) is 3.86. The number of hydrogen-bond donors (Lipinski definition) is 1. The van der Waals surface area contributed by atoms with Crippen LogP contribution < -0.4 is 10.9 Å². The molecule has 1 amide bonds. The second-order valence-corrected chi connectivity index (χ2v) is 7.34. The first-order valence-corrected chi connectivity index (χ1v) is 9.68.